The second-order valence-corrected chi connectivity index (χ2v) is 6.52. The Morgan fingerprint density at radius 2 is 1.70 bits per heavy atom. The molecule has 0 spiro atoms. The summed E-state index contributed by atoms with van der Waals surface area (Å²) in [6.45, 7) is 2.20. The average molecular weight is 398 g/mol. The summed E-state index contributed by atoms with van der Waals surface area (Å²) in [4.78, 5) is 0.195. The number of methoxy groups -OCH3 is 1. The second kappa shape index (κ2) is 7.28. The predicted molar refractivity (Wildman–Crippen MR) is 91.9 cm³/mol. The van der Waals surface area contributed by atoms with Crippen LogP contribution in [0.3, 0.4) is 0 Å². The van der Waals surface area contributed by atoms with Gasteiger partial charge in [-0.15, -0.1) is 0 Å². The Labute approximate surface area is 137 Å². The molecule has 0 fully saturated rings. The number of hydrogen-bond acceptors (Lipinski definition) is 1. The fourth-order valence-corrected chi connectivity index (χ4v) is 3.32. The van der Waals surface area contributed by atoms with Crippen LogP contribution in [0.1, 0.15) is 34.9 Å². The molecule has 1 atom stereocenters. The smallest absolute Gasteiger partial charge is 0.133 e. The van der Waals surface area contributed by atoms with E-state index in [-0.39, 0.29) is 4.83 Å². The molecule has 106 valence electrons. The van der Waals surface area contributed by atoms with Crippen LogP contribution in [0.4, 0.5) is 0 Å². The number of rotatable bonds is 5. The molecule has 0 amide bonds. The van der Waals surface area contributed by atoms with Crippen LogP contribution in [0.15, 0.2) is 46.9 Å². The first kappa shape index (κ1) is 15.6. The van der Waals surface area contributed by atoms with Crippen LogP contribution in [0.2, 0.25) is 0 Å². The van der Waals surface area contributed by atoms with Crippen LogP contribution >= 0.6 is 31.9 Å². The van der Waals surface area contributed by atoms with Gasteiger partial charge in [0.1, 0.15) is 5.75 Å². The first-order valence-corrected chi connectivity index (χ1v) is 8.43. The van der Waals surface area contributed by atoms with Crippen LogP contribution in [-0.4, -0.2) is 7.11 Å². The van der Waals surface area contributed by atoms with Gasteiger partial charge in [0.05, 0.1) is 16.4 Å². The quantitative estimate of drug-likeness (QED) is 0.571. The van der Waals surface area contributed by atoms with E-state index in [0.717, 1.165) is 16.6 Å². The summed E-state index contributed by atoms with van der Waals surface area (Å²) in [5.74, 6) is 0.853. The minimum absolute atomic E-state index is 0.195. The lowest BCUT2D eigenvalue weighted by Gasteiger charge is -2.13. The van der Waals surface area contributed by atoms with Crippen LogP contribution in [-0.2, 0) is 6.42 Å². The monoisotopic (exact) mass is 396 g/mol. The van der Waals surface area contributed by atoms with Gasteiger partial charge in [0, 0.05) is 0 Å². The molecule has 0 heterocycles. The Hall–Kier alpha value is -0.800. The average Bonchev–Trinajstić information content (AvgIpc) is 2.47. The topological polar surface area (TPSA) is 9.23 Å². The van der Waals surface area contributed by atoms with Crippen molar-refractivity contribution in [2.45, 2.75) is 24.6 Å². The Bertz CT molecular complexity index is 564. The minimum atomic E-state index is 0.195. The summed E-state index contributed by atoms with van der Waals surface area (Å²) < 4.78 is 6.24. The number of ether oxygens (including phenoxy) is 1. The molecule has 1 unspecified atom stereocenters. The van der Waals surface area contributed by atoms with Crippen LogP contribution < -0.4 is 4.74 Å². The van der Waals surface area contributed by atoms with E-state index in [1.165, 1.54) is 23.1 Å². The highest BCUT2D eigenvalue weighted by atomic mass is 79.9. The van der Waals surface area contributed by atoms with Crippen molar-refractivity contribution in [1.82, 2.24) is 0 Å². The first-order valence-electron chi connectivity index (χ1n) is 6.72. The summed E-state index contributed by atoms with van der Waals surface area (Å²) in [6, 6.07) is 15.0. The zero-order chi connectivity index (χ0) is 14.5. The lowest BCUT2D eigenvalue weighted by molar-refractivity contribution is 0.412. The Morgan fingerprint density at radius 1 is 1.05 bits per heavy atom. The molecule has 0 radical (unpaired) electrons. The molecule has 0 saturated heterocycles. The highest BCUT2D eigenvalue weighted by Crippen LogP contribution is 2.35. The molecule has 2 aromatic rings. The summed E-state index contributed by atoms with van der Waals surface area (Å²) in [6.07, 6.45) is 2.32. The second-order valence-electron chi connectivity index (χ2n) is 4.75. The molecule has 1 nitrogen and oxygen atoms in total. The van der Waals surface area contributed by atoms with Crippen molar-refractivity contribution in [3.8, 4) is 5.75 Å². The first-order chi connectivity index (χ1) is 9.65. The van der Waals surface area contributed by atoms with Crippen molar-refractivity contribution < 1.29 is 4.74 Å². The Morgan fingerprint density at radius 3 is 2.25 bits per heavy atom. The fourth-order valence-electron chi connectivity index (χ4n) is 2.17. The molecule has 3 heteroatoms. The van der Waals surface area contributed by atoms with Gasteiger partial charge in [-0.05, 0) is 51.2 Å². The lowest BCUT2D eigenvalue weighted by Crippen LogP contribution is -1.95. The molecule has 0 aliphatic heterocycles. The minimum Gasteiger partial charge on any atom is -0.496 e. The molecular formula is C17H18Br2O. The van der Waals surface area contributed by atoms with Gasteiger partial charge in [-0.25, -0.2) is 0 Å². The zero-order valence-corrected chi connectivity index (χ0v) is 14.9. The van der Waals surface area contributed by atoms with E-state index in [9.17, 15) is 0 Å². The molecule has 0 bridgehead atoms. The molecule has 2 rings (SSSR count). The highest BCUT2D eigenvalue weighted by molar-refractivity contribution is 9.10. The summed E-state index contributed by atoms with van der Waals surface area (Å²) >= 11 is 7.31. The lowest BCUT2D eigenvalue weighted by atomic mass is 10.0. The van der Waals surface area contributed by atoms with Crippen LogP contribution in [0.5, 0.6) is 5.75 Å². The maximum atomic E-state index is 5.27. The number of hydrogen-bond donors (Lipinski definition) is 0. The van der Waals surface area contributed by atoms with Gasteiger partial charge in [-0.2, -0.15) is 0 Å². The van der Waals surface area contributed by atoms with Gasteiger partial charge in [0.25, 0.3) is 0 Å². The van der Waals surface area contributed by atoms with Gasteiger partial charge < -0.3 is 4.74 Å². The molecule has 0 aliphatic carbocycles. The van der Waals surface area contributed by atoms with Crippen molar-refractivity contribution in [2.24, 2.45) is 0 Å². The third kappa shape index (κ3) is 3.64. The molecular weight excluding hydrogens is 380 g/mol. The van der Waals surface area contributed by atoms with Gasteiger partial charge in [-0.1, -0.05) is 59.6 Å². The van der Waals surface area contributed by atoms with Crippen LogP contribution in [0.25, 0.3) is 0 Å². The normalized spacial score (nSPS) is 12.2. The number of aryl methyl sites for hydroxylation is 1. The van der Waals surface area contributed by atoms with E-state index in [4.69, 9.17) is 4.74 Å². The van der Waals surface area contributed by atoms with E-state index in [1.807, 2.05) is 6.07 Å². The van der Waals surface area contributed by atoms with Crippen molar-refractivity contribution in [1.29, 1.82) is 0 Å². The van der Waals surface area contributed by atoms with Crippen molar-refractivity contribution in [3.05, 3.63) is 63.6 Å². The molecule has 0 N–H and O–H groups in total. The molecule has 2 aromatic carbocycles. The molecule has 0 aliphatic rings. The molecule has 20 heavy (non-hydrogen) atoms. The van der Waals surface area contributed by atoms with Crippen LogP contribution in [0, 0.1) is 0 Å². The van der Waals surface area contributed by atoms with Gasteiger partial charge in [0.2, 0.25) is 0 Å². The maximum Gasteiger partial charge on any atom is 0.133 e. The highest BCUT2D eigenvalue weighted by Gasteiger charge is 2.12. The van der Waals surface area contributed by atoms with Gasteiger partial charge >= 0.3 is 0 Å². The van der Waals surface area contributed by atoms with Crippen molar-refractivity contribution in [2.75, 3.05) is 7.11 Å². The third-order valence-electron chi connectivity index (χ3n) is 3.28. The van der Waals surface area contributed by atoms with Crippen molar-refractivity contribution in [3.63, 3.8) is 0 Å². The largest absolute Gasteiger partial charge is 0.496 e. The summed E-state index contributed by atoms with van der Waals surface area (Å²) in [7, 11) is 1.68. The summed E-state index contributed by atoms with van der Waals surface area (Å²) in [5.41, 5.74) is 3.87. The summed E-state index contributed by atoms with van der Waals surface area (Å²) in [5, 5.41) is 0. The van der Waals surface area contributed by atoms with Gasteiger partial charge in [-0.3, -0.25) is 0 Å². The van der Waals surface area contributed by atoms with E-state index in [1.54, 1.807) is 7.11 Å². The number of halogens is 2. The Balaban J connectivity index is 2.21. The van der Waals surface area contributed by atoms with E-state index in [0.29, 0.717) is 0 Å². The van der Waals surface area contributed by atoms with Crippen molar-refractivity contribution >= 4 is 31.9 Å². The zero-order valence-electron chi connectivity index (χ0n) is 11.7. The molecule has 0 aromatic heterocycles. The van der Waals surface area contributed by atoms with E-state index >= 15 is 0 Å². The van der Waals surface area contributed by atoms with Gasteiger partial charge in [0.15, 0.2) is 0 Å². The number of alkyl halides is 1. The van der Waals surface area contributed by atoms with E-state index < -0.39 is 0 Å². The Kier molecular flexibility index (Phi) is 5.67. The SMILES string of the molecule is CCCc1ccc(C(Br)c2ccc(OC)c(Br)c2)cc1. The third-order valence-corrected chi connectivity index (χ3v) is 4.96. The van der Waals surface area contributed by atoms with E-state index in [2.05, 4.69) is 75.2 Å². The standard InChI is InChI=1S/C17H18Br2O/c1-3-4-12-5-7-13(8-6-12)17(19)14-9-10-16(20-2)15(18)11-14/h5-11,17H,3-4H2,1-2H3. The number of benzene rings is 2. The fraction of sp³-hybridized carbons (Fsp3) is 0.294. The molecule has 0 saturated carbocycles. The predicted octanol–water partition coefficient (Wildman–Crippen LogP) is 5.89. The maximum absolute atomic E-state index is 5.27.